The Bertz CT molecular complexity index is 417. The highest BCUT2D eigenvalue weighted by Gasteiger charge is 2.34. The largest absolute Gasteiger partial charge is 0.508 e. The molecule has 0 aliphatic carbocycles. The van der Waals surface area contributed by atoms with E-state index in [4.69, 9.17) is 0 Å². The minimum atomic E-state index is -4.16. The predicted octanol–water partition coefficient (Wildman–Crippen LogP) is 2.70. The molecule has 0 aromatic heterocycles. The van der Waals surface area contributed by atoms with Gasteiger partial charge in [0.2, 0.25) is 0 Å². The van der Waals surface area contributed by atoms with Gasteiger partial charge in [0, 0.05) is 12.6 Å². The maximum absolute atomic E-state index is 12.4. The summed E-state index contributed by atoms with van der Waals surface area (Å²) in [5, 5.41) is 9.33. The molecule has 0 saturated carbocycles. The number of phenols is 1. The van der Waals surface area contributed by atoms with Crippen molar-refractivity contribution in [2.45, 2.75) is 32.1 Å². The van der Waals surface area contributed by atoms with Gasteiger partial charge in [-0.05, 0) is 36.6 Å². The number of fused-ring (bicyclic) bond motifs is 1. The van der Waals surface area contributed by atoms with Crippen LogP contribution < -0.4 is 0 Å². The van der Waals surface area contributed by atoms with E-state index < -0.39 is 12.7 Å². The Morgan fingerprint density at radius 2 is 2.06 bits per heavy atom. The lowest BCUT2D eigenvalue weighted by Gasteiger charge is -2.35. The Balaban J connectivity index is 2.18. The summed E-state index contributed by atoms with van der Waals surface area (Å²) < 4.78 is 37.1. The van der Waals surface area contributed by atoms with E-state index in [-0.39, 0.29) is 18.3 Å². The van der Waals surface area contributed by atoms with Crippen LogP contribution in [-0.2, 0) is 13.0 Å². The molecule has 1 atom stereocenters. The summed E-state index contributed by atoms with van der Waals surface area (Å²) in [5.41, 5.74) is 1.81. The van der Waals surface area contributed by atoms with Crippen molar-refractivity contribution in [3.05, 3.63) is 29.3 Å². The second-order valence-electron chi connectivity index (χ2n) is 4.53. The average molecular weight is 245 g/mol. The molecule has 0 fully saturated rings. The van der Waals surface area contributed by atoms with Crippen molar-refractivity contribution in [2.24, 2.45) is 0 Å². The van der Waals surface area contributed by atoms with E-state index in [1.807, 2.05) is 0 Å². The average Bonchev–Trinajstić information content (AvgIpc) is 2.17. The lowest BCUT2D eigenvalue weighted by atomic mass is 9.94. The number of phenolic OH excluding ortho intramolecular Hbond substituents is 1. The molecule has 1 aliphatic heterocycles. The second-order valence-corrected chi connectivity index (χ2v) is 4.53. The van der Waals surface area contributed by atoms with E-state index in [1.165, 1.54) is 11.0 Å². The van der Waals surface area contributed by atoms with Crippen molar-refractivity contribution >= 4 is 0 Å². The molecule has 0 spiro atoms. The van der Waals surface area contributed by atoms with Crippen molar-refractivity contribution in [1.82, 2.24) is 4.90 Å². The van der Waals surface area contributed by atoms with Gasteiger partial charge in [-0.1, -0.05) is 6.07 Å². The number of halogens is 3. The third kappa shape index (κ3) is 2.91. The summed E-state index contributed by atoms with van der Waals surface area (Å²) in [6, 6.07) is 4.68. The van der Waals surface area contributed by atoms with Crippen molar-refractivity contribution in [2.75, 3.05) is 6.54 Å². The highest BCUT2D eigenvalue weighted by atomic mass is 19.4. The summed E-state index contributed by atoms with van der Waals surface area (Å²) in [7, 11) is 0. The first kappa shape index (κ1) is 12.2. The van der Waals surface area contributed by atoms with E-state index >= 15 is 0 Å². The summed E-state index contributed by atoms with van der Waals surface area (Å²) in [6.45, 7) is 1.18. The van der Waals surface area contributed by atoms with E-state index in [2.05, 4.69) is 0 Å². The van der Waals surface area contributed by atoms with Crippen molar-refractivity contribution < 1.29 is 18.3 Å². The fourth-order valence-electron chi connectivity index (χ4n) is 2.22. The molecule has 1 aromatic rings. The van der Waals surface area contributed by atoms with Crippen LogP contribution in [0.25, 0.3) is 0 Å². The SMILES string of the molecule is C[C@@H]1Cc2cc(O)ccc2CN1CC(F)(F)F. The Labute approximate surface area is 97.7 Å². The maximum Gasteiger partial charge on any atom is 0.401 e. The normalized spacial score (nSPS) is 21.3. The van der Waals surface area contributed by atoms with E-state index in [9.17, 15) is 18.3 Å². The van der Waals surface area contributed by atoms with Gasteiger partial charge in [0.25, 0.3) is 0 Å². The predicted molar refractivity (Wildman–Crippen MR) is 57.7 cm³/mol. The molecular formula is C12H14F3NO. The van der Waals surface area contributed by atoms with Crippen LogP contribution in [0.1, 0.15) is 18.1 Å². The van der Waals surface area contributed by atoms with Gasteiger partial charge in [-0.3, -0.25) is 4.90 Å². The molecule has 0 bridgehead atoms. The second kappa shape index (κ2) is 4.22. The number of benzene rings is 1. The molecule has 1 N–H and O–H groups in total. The number of rotatable bonds is 1. The zero-order valence-electron chi connectivity index (χ0n) is 9.46. The Morgan fingerprint density at radius 3 is 2.71 bits per heavy atom. The first-order valence-corrected chi connectivity index (χ1v) is 5.47. The zero-order valence-corrected chi connectivity index (χ0v) is 9.46. The molecule has 1 heterocycles. The molecule has 2 nitrogen and oxygen atoms in total. The van der Waals surface area contributed by atoms with Crippen molar-refractivity contribution in [3.63, 3.8) is 0 Å². The first-order valence-electron chi connectivity index (χ1n) is 5.47. The third-order valence-electron chi connectivity index (χ3n) is 3.08. The van der Waals surface area contributed by atoms with E-state index in [0.29, 0.717) is 6.42 Å². The van der Waals surface area contributed by atoms with Crippen LogP contribution in [0.5, 0.6) is 5.75 Å². The van der Waals surface area contributed by atoms with Gasteiger partial charge in [-0.15, -0.1) is 0 Å². The minimum absolute atomic E-state index is 0.161. The molecule has 94 valence electrons. The number of nitrogens with zero attached hydrogens (tertiary/aromatic N) is 1. The molecule has 5 heteroatoms. The molecule has 1 aliphatic rings. The zero-order chi connectivity index (χ0) is 12.6. The molecule has 2 rings (SSSR count). The van der Waals surface area contributed by atoms with Gasteiger partial charge in [0.1, 0.15) is 5.75 Å². The Hall–Kier alpha value is -1.23. The molecular weight excluding hydrogens is 231 g/mol. The monoisotopic (exact) mass is 245 g/mol. The van der Waals surface area contributed by atoms with Gasteiger partial charge >= 0.3 is 6.18 Å². The van der Waals surface area contributed by atoms with E-state index in [1.54, 1.807) is 19.1 Å². The third-order valence-corrected chi connectivity index (χ3v) is 3.08. The lowest BCUT2D eigenvalue weighted by Crippen LogP contribution is -2.43. The Kier molecular flexibility index (Phi) is 3.03. The van der Waals surface area contributed by atoms with E-state index in [0.717, 1.165) is 11.1 Å². The highest BCUT2D eigenvalue weighted by Crippen LogP contribution is 2.28. The van der Waals surface area contributed by atoms with Crippen molar-refractivity contribution in [3.8, 4) is 5.75 Å². The number of hydrogen-bond acceptors (Lipinski definition) is 2. The van der Waals surface area contributed by atoms with Crippen LogP contribution in [0, 0.1) is 0 Å². The van der Waals surface area contributed by atoms with Crippen LogP contribution >= 0.6 is 0 Å². The number of aromatic hydroxyl groups is 1. The fourth-order valence-corrected chi connectivity index (χ4v) is 2.22. The van der Waals surface area contributed by atoms with Crippen LogP contribution in [0.2, 0.25) is 0 Å². The number of hydrogen-bond donors (Lipinski definition) is 1. The standard InChI is InChI=1S/C12H14F3NO/c1-8-4-10-5-11(17)3-2-9(10)6-16(8)7-12(13,14)15/h2-3,5,8,17H,4,6-7H2,1H3/t8-/m1/s1. The summed E-state index contributed by atoms with van der Waals surface area (Å²) >= 11 is 0. The van der Waals surface area contributed by atoms with Gasteiger partial charge in [-0.2, -0.15) is 13.2 Å². The molecule has 0 amide bonds. The van der Waals surface area contributed by atoms with Gasteiger partial charge in [-0.25, -0.2) is 0 Å². The van der Waals surface area contributed by atoms with Gasteiger partial charge in [0.05, 0.1) is 6.54 Å². The fraction of sp³-hybridized carbons (Fsp3) is 0.500. The first-order chi connectivity index (χ1) is 7.85. The molecule has 0 radical (unpaired) electrons. The topological polar surface area (TPSA) is 23.5 Å². The van der Waals surface area contributed by atoms with Crippen LogP contribution in [0.4, 0.5) is 13.2 Å². The van der Waals surface area contributed by atoms with Gasteiger partial charge in [0.15, 0.2) is 0 Å². The summed E-state index contributed by atoms with van der Waals surface area (Å²) in [6.07, 6.45) is -3.62. The molecule has 1 aromatic carbocycles. The van der Waals surface area contributed by atoms with Crippen LogP contribution in [0.3, 0.4) is 0 Å². The quantitative estimate of drug-likeness (QED) is 0.822. The lowest BCUT2D eigenvalue weighted by molar-refractivity contribution is -0.152. The molecule has 0 unspecified atom stereocenters. The summed E-state index contributed by atoms with van der Waals surface area (Å²) in [4.78, 5) is 1.42. The smallest absolute Gasteiger partial charge is 0.401 e. The summed E-state index contributed by atoms with van der Waals surface area (Å²) in [5.74, 6) is 0.167. The molecule has 17 heavy (non-hydrogen) atoms. The number of alkyl halides is 3. The highest BCUT2D eigenvalue weighted by molar-refractivity contribution is 5.36. The minimum Gasteiger partial charge on any atom is -0.508 e. The molecule has 0 saturated heterocycles. The van der Waals surface area contributed by atoms with Crippen LogP contribution in [-0.4, -0.2) is 28.8 Å². The Morgan fingerprint density at radius 1 is 1.35 bits per heavy atom. The van der Waals surface area contributed by atoms with Crippen molar-refractivity contribution in [1.29, 1.82) is 0 Å². The van der Waals surface area contributed by atoms with Crippen LogP contribution in [0.15, 0.2) is 18.2 Å². The maximum atomic E-state index is 12.4. The van der Waals surface area contributed by atoms with Gasteiger partial charge < -0.3 is 5.11 Å².